The topological polar surface area (TPSA) is 100 Å². The number of aliphatic hydroxyl groups is 1. The number of para-hydroxylation sites is 1. The average Bonchev–Trinajstić information content (AvgIpc) is 2.82. The molecule has 1 aliphatic heterocycles. The molecule has 0 radical (unpaired) electrons. The van der Waals surface area contributed by atoms with Crippen LogP contribution in [0.3, 0.4) is 0 Å². The Balaban J connectivity index is 1.65. The van der Waals surface area contributed by atoms with E-state index >= 15 is 0 Å². The molecule has 3 rings (SSSR count). The van der Waals surface area contributed by atoms with E-state index in [4.69, 9.17) is 16.3 Å². The second kappa shape index (κ2) is 12.8. The van der Waals surface area contributed by atoms with E-state index in [0.717, 1.165) is 12.8 Å². The van der Waals surface area contributed by atoms with Crippen LogP contribution < -0.4 is 15.4 Å². The first-order valence-corrected chi connectivity index (χ1v) is 13.0. The van der Waals surface area contributed by atoms with Gasteiger partial charge < -0.3 is 30.1 Å². The number of hydrogen-bond acceptors (Lipinski definition) is 6. The molecule has 0 saturated carbocycles. The first-order valence-electron chi connectivity index (χ1n) is 12.6. The quantitative estimate of drug-likeness (QED) is 0.340. The average molecular weight is 572 g/mol. The number of carbonyl (C=O) groups excluding carboxylic acids is 2. The molecule has 0 bridgehead atoms. The SMILES string of the molecule is CC(C)(C)OC(=O)NCCC(=O)N1CCCCC1C(O)Nc1ccc(-c2ccccc2OC(F)(F)F)c(Cl)c1. The van der Waals surface area contributed by atoms with Gasteiger partial charge in [-0.05, 0) is 58.2 Å². The summed E-state index contributed by atoms with van der Waals surface area (Å²) >= 11 is 6.41. The number of amides is 2. The number of nitrogens with one attached hydrogen (secondary N) is 2. The lowest BCUT2D eigenvalue weighted by Gasteiger charge is -2.39. The highest BCUT2D eigenvalue weighted by molar-refractivity contribution is 6.33. The van der Waals surface area contributed by atoms with Crippen molar-refractivity contribution in [3.63, 3.8) is 0 Å². The van der Waals surface area contributed by atoms with E-state index in [9.17, 15) is 27.9 Å². The zero-order chi connectivity index (χ0) is 28.8. The summed E-state index contributed by atoms with van der Waals surface area (Å²) in [4.78, 5) is 26.3. The Kier molecular flexibility index (Phi) is 9.95. The van der Waals surface area contributed by atoms with Gasteiger partial charge in [-0.2, -0.15) is 0 Å². The van der Waals surface area contributed by atoms with Crippen molar-refractivity contribution in [2.24, 2.45) is 0 Å². The highest BCUT2D eigenvalue weighted by Crippen LogP contribution is 2.38. The maximum atomic E-state index is 12.9. The van der Waals surface area contributed by atoms with Crippen LogP contribution >= 0.6 is 11.6 Å². The Morgan fingerprint density at radius 2 is 1.85 bits per heavy atom. The number of nitrogens with zero attached hydrogens (tertiary/aromatic N) is 1. The van der Waals surface area contributed by atoms with Crippen molar-refractivity contribution in [3.8, 4) is 16.9 Å². The van der Waals surface area contributed by atoms with Crippen LogP contribution in [0.1, 0.15) is 46.5 Å². The maximum absolute atomic E-state index is 12.9. The van der Waals surface area contributed by atoms with Crippen molar-refractivity contribution in [2.45, 2.75) is 70.7 Å². The predicted molar refractivity (Wildman–Crippen MR) is 141 cm³/mol. The fourth-order valence-corrected chi connectivity index (χ4v) is 4.60. The van der Waals surface area contributed by atoms with Crippen molar-refractivity contribution in [1.82, 2.24) is 10.2 Å². The number of hydrogen-bond donors (Lipinski definition) is 3. The number of benzene rings is 2. The van der Waals surface area contributed by atoms with Gasteiger partial charge in [0.2, 0.25) is 5.91 Å². The summed E-state index contributed by atoms with van der Waals surface area (Å²) < 4.78 is 47.8. The number of ether oxygens (including phenoxy) is 2. The minimum atomic E-state index is -4.86. The minimum absolute atomic E-state index is 0.0440. The number of piperidine rings is 1. The summed E-state index contributed by atoms with van der Waals surface area (Å²) in [6.07, 6.45) is -4.39. The molecule has 1 saturated heterocycles. The molecule has 0 spiro atoms. The number of likely N-dealkylation sites (tertiary alicyclic amines) is 1. The highest BCUT2D eigenvalue weighted by Gasteiger charge is 2.33. The fraction of sp³-hybridized carbons (Fsp3) is 0.481. The lowest BCUT2D eigenvalue weighted by atomic mass is 9.99. The van der Waals surface area contributed by atoms with E-state index in [1.807, 2.05) is 0 Å². The van der Waals surface area contributed by atoms with Gasteiger partial charge in [0.1, 0.15) is 17.6 Å². The van der Waals surface area contributed by atoms with Crippen LogP contribution in [0.15, 0.2) is 42.5 Å². The third-order valence-corrected chi connectivity index (χ3v) is 6.24. The molecule has 1 heterocycles. The summed E-state index contributed by atoms with van der Waals surface area (Å²) in [6.45, 7) is 5.78. The van der Waals surface area contributed by atoms with Crippen LogP contribution in [0, 0.1) is 0 Å². The molecule has 1 aliphatic rings. The van der Waals surface area contributed by atoms with Gasteiger partial charge in [0, 0.05) is 36.3 Å². The summed E-state index contributed by atoms with van der Waals surface area (Å²) in [5, 5.41) is 16.6. The van der Waals surface area contributed by atoms with Gasteiger partial charge in [-0.1, -0.05) is 35.9 Å². The smallest absolute Gasteiger partial charge is 0.444 e. The second-order valence-corrected chi connectivity index (χ2v) is 10.6. The fourth-order valence-electron chi connectivity index (χ4n) is 4.32. The zero-order valence-electron chi connectivity index (χ0n) is 22.0. The van der Waals surface area contributed by atoms with Crippen molar-refractivity contribution in [1.29, 1.82) is 0 Å². The van der Waals surface area contributed by atoms with E-state index in [1.165, 1.54) is 30.3 Å². The van der Waals surface area contributed by atoms with E-state index in [2.05, 4.69) is 15.4 Å². The Bertz CT molecular complexity index is 1160. The number of halogens is 4. The van der Waals surface area contributed by atoms with Crippen LogP contribution in [0.5, 0.6) is 5.75 Å². The highest BCUT2D eigenvalue weighted by atomic mass is 35.5. The molecule has 3 N–H and O–H groups in total. The van der Waals surface area contributed by atoms with Gasteiger partial charge in [0.15, 0.2) is 0 Å². The maximum Gasteiger partial charge on any atom is 0.573 e. The molecule has 2 atom stereocenters. The van der Waals surface area contributed by atoms with Crippen LogP contribution in [0.25, 0.3) is 11.1 Å². The van der Waals surface area contributed by atoms with Gasteiger partial charge >= 0.3 is 12.5 Å². The van der Waals surface area contributed by atoms with Crippen molar-refractivity contribution in [2.75, 3.05) is 18.4 Å². The Morgan fingerprint density at radius 1 is 1.13 bits per heavy atom. The number of alkyl halides is 3. The molecular formula is C27H33ClF3N3O5. The van der Waals surface area contributed by atoms with E-state index < -0.39 is 30.3 Å². The Labute approximate surface area is 230 Å². The summed E-state index contributed by atoms with van der Waals surface area (Å²) in [6, 6.07) is 9.74. The van der Waals surface area contributed by atoms with Crippen LogP contribution in [0.2, 0.25) is 5.02 Å². The van der Waals surface area contributed by atoms with Crippen LogP contribution in [-0.2, 0) is 9.53 Å². The lowest BCUT2D eigenvalue weighted by molar-refractivity contribution is -0.274. The van der Waals surface area contributed by atoms with E-state index in [-0.39, 0.29) is 35.2 Å². The Morgan fingerprint density at radius 3 is 2.51 bits per heavy atom. The Hall–Kier alpha value is -3.18. The predicted octanol–water partition coefficient (Wildman–Crippen LogP) is 5.93. The monoisotopic (exact) mass is 571 g/mol. The molecule has 214 valence electrons. The molecule has 0 aliphatic carbocycles. The first-order chi connectivity index (χ1) is 18.2. The van der Waals surface area contributed by atoms with Crippen molar-refractivity contribution >= 4 is 29.3 Å². The lowest BCUT2D eigenvalue weighted by Crippen LogP contribution is -2.52. The van der Waals surface area contributed by atoms with Crippen LogP contribution in [-0.4, -0.2) is 59.3 Å². The molecule has 2 aromatic carbocycles. The van der Waals surface area contributed by atoms with Gasteiger partial charge in [0.25, 0.3) is 0 Å². The zero-order valence-corrected chi connectivity index (χ0v) is 22.7. The molecule has 2 amide bonds. The van der Waals surface area contributed by atoms with Crippen LogP contribution in [0.4, 0.5) is 23.7 Å². The molecule has 8 nitrogen and oxygen atoms in total. The number of rotatable bonds is 8. The third-order valence-electron chi connectivity index (χ3n) is 5.93. The van der Waals surface area contributed by atoms with E-state index in [1.54, 1.807) is 37.8 Å². The molecule has 39 heavy (non-hydrogen) atoms. The van der Waals surface area contributed by atoms with E-state index in [0.29, 0.717) is 24.2 Å². The van der Waals surface area contributed by atoms with Gasteiger partial charge in [0.05, 0.1) is 11.1 Å². The normalized spacial score (nSPS) is 16.8. The number of alkyl carbamates (subject to hydrolysis) is 1. The van der Waals surface area contributed by atoms with Crippen molar-refractivity contribution < 1.29 is 37.3 Å². The third kappa shape index (κ3) is 9.21. The molecular weight excluding hydrogens is 539 g/mol. The molecule has 0 aromatic heterocycles. The second-order valence-electron chi connectivity index (χ2n) is 10.2. The van der Waals surface area contributed by atoms with Crippen molar-refractivity contribution in [3.05, 3.63) is 47.5 Å². The van der Waals surface area contributed by atoms with Gasteiger partial charge in [-0.3, -0.25) is 4.79 Å². The number of anilines is 1. The summed E-state index contributed by atoms with van der Waals surface area (Å²) in [5.74, 6) is -0.601. The number of aliphatic hydroxyl groups excluding tert-OH is 1. The summed E-state index contributed by atoms with van der Waals surface area (Å²) in [7, 11) is 0. The molecule has 12 heteroatoms. The number of carbonyl (C=O) groups is 2. The van der Waals surface area contributed by atoms with Gasteiger partial charge in [-0.15, -0.1) is 13.2 Å². The van der Waals surface area contributed by atoms with Gasteiger partial charge in [-0.25, -0.2) is 4.79 Å². The minimum Gasteiger partial charge on any atom is -0.444 e. The largest absolute Gasteiger partial charge is 0.573 e. The summed E-state index contributed by atoms with van der Waals surface area (Å²) in [5.41, 5.74) is 0.262. The molecule has 2 aromatic rings. The standard InChI is InChI=1S/C27H33ClF3N3O5/c1-26(2,3)39-25(37)32-14-13-23(35)34-15-7-6-9-21(34)24(36)33-17-11-12-18(20(28)16-17)19-8-4-5-10-22(19)38-27(29,30)31/h4-5,8,10-12,16,21,24,33,36H,6-7,9,13-15H2,1-3H3,(H,32,37). The first kappa shape index (κ1) is 30.4. The molecule has 2 unspecified atom stereocenters. The molecule has 1 fully saturated rings.